The fraction of sp³-hybridized carbons (Fsp3) is 0.120. The van der Waals surface area contributed by atoms with Gasteiger partial charge >= 0.3 is 0 Å². The summed E-state index contributed by atoms with van der Waals surface area (Å²) in [6, 6.07) is 19.4. The maximum absolute atomic E-state index is 13.5. The number of fused-ring (bicyclic) bond motifs is 1. The first-order valence-corrected chi connectivity index (χ1v) is 10.6. The first-order valence-electron chi connectivity index (χ1n) is 10.2. The van der Waals surface area contributed by atoms with E-state index < -0.39 is 11.8 Å². The van der Waals surface area contributed by atoms with E-state index in [1.165, 1.54) is 12.0 Å². The lowest BCUT2D eigenvalue weighted by atomic mass is 10.0. The van der Waals surface area contributed by atoms with Crippen molar-refractivity contribution in [2.75, 3.05) is 19.2 Å². The third-order valence-electron chi connectivity index (χ3n) is 5.43. The number of imide groups is 1. The van der Waals surface area contributed by atoms with Crippen molar-refractivity contribution >= 4 is 34.7 Å². The second-order valence-electron chi connectivity index (χ2n) is 7.47. The van der Waals surface area contributed by atoms with Crippen molar-refractivity contribution in [2.24, 2.45) is 0 Å². The molecule has 166 valence electrons. The summed E-state index contributed by atoms with van der Waals surface area (Å²) in [5.41, 5.74) is 2.30. The van der Waals surface area contributed by atoms with Crippen LogP contribution in [0.1, 0.15) is 11.1 Å². The van der Waals surface area contributed by atoms with Gasteiger partial charge < -0.3 is 19.5 Å². The van der Waals surface area contributed by atoms with Crippen LogP contribution >= 0.6 is 11.6 Å². The first-order chi connectivity index (χ1) is 16.0. The van der Waals surface area contributed by atoms with Gasteiger partial charge in [-0.1, -0.05) is 48.0 Å². The van der Waals surface area contributed by atoms with Gasteiger partial charge in [0.2, 0.25) is 6.79 Å². The van der Waals surface area contributed by atoms with Crippen LogP contribution in [0.15, 0.2) is 72.4 Å². The number of methoxy groups -OCH3 is 1. The fourth-order valence-corrected chi connectivity index (χ4v) is 4.01. The first kappa shape index (κ1) is 20.9. The van der Waals surface area contributed by atoms with E-state index in [1.807, 2.05) is 24.3 Å². The molecule has 5 rings (SSSR count). The van der Waals surface area contributed by atoms with Gasteiger partial charge in [-0.15, -0.1) is 0 Å². The maximum Gasteiger partial charge on any atom is 0.278 e. The largest absolute Gasteiger partial charge is 0.495 e. The Labute approximate surface area is 195 Å². The Morgan fingerprint density at radius 3 is 2.55 bits per heavy atom. The van der Waals surface area contributed by atoms with Gasteiger partial charge in [0, 0.05) is 5.02 Å². The molecule has 0 fully saturated rings. The number of amides is 2. The SMILES string of the molecule is COc1ccc(Cl)cc1NC1=C(c2ccccc2)C(=O)N(Cc2ccc3c(c2)OCO3)C1=O. The lowest BCUT2D eigenvalue weighted by Crippen LogP contribution is -2.32. The van der Waals surface area contributed by atoms with Crippen molar-refractivity contribution in [3.8, 4) is 17.2 Å². The van der Waals surface area contributed by atoms with Gasteiger partial charge in [0.05, 0.1) is 24.9 Å². The Balaban J connectivity index is 1.53. The van der Waals surface area contributed by atoms with E-state index in [2.05, 4.69) is 5.32 Å². The number of nitrogens with one attached hydrogen (secondary N) is 1. The molecule has 0 radical (unpaired) electrons. The van der Waals surface area contributed by atoms with Gasteiger partial charge in [-0.05, 0) is 41.5 Å². The maximum atomic E-state index is 13.5. The number of nitrogens with zero attached hydrogens (tertiary/aromatic N) is 1. The lowest BCUT2D eigenvalue weighted by Gasteiger charge is -2.16. The number of rotatable bonds is 6. The minimum atomic E-state index is -0.446. The van der Waals surface area contributed by atoms with Crippen LogP contribution in [0.2, 0.25) is 5.02 Å². The Kier molecular flexibility index (Phi) is 5.40. The molecular weight excluding hydrogens is 444 g/mol. The number of carbonyl (C=O) groups excluding carboxylic acids is 2. The van der Waals surface area contributed by atoms with E-state index >= 15 is 0 Å². The summed E-state index contributed by atoms with van der Waals surface area (Å²) in [6.45, 7) is 0.234. The number of anilines is 1. The molecule has 0 aromatic heterocycles. The average molecular weight is 463 g/mol. The Morgan fingerprint density at radius 1 is 0.970 bits per heavy atom. The summed E-state index contributed by atoms with van der Waals surface area (Å²) in [7, 11) is 1.52. The molecular formula is C25H19ClN2O5. The zero-order valence-corrected chi connectivity index (χ0v) is 18.4. The molecule has 8 heteroatoms. The van der Waals surface area contributed by atoms with E-state index in [0.717, 1.165) is 5.56 Å². The van der Waals surface area contributed by atoms with Crippen LogP contribution in [0.25, 0.3) is 5.57 Å². The summed E-state index contributed by atoms with van der Waals surface area (Å²) in [6.07, 6.45) is 0. The molecule has 0 saturated carbocycles. The third-order valence-corrected chi connectivity index (χ3v) is 5.66. The molecule has 0 aliphatic carbocycles. The number of benzene rings is 3. The summed E-state index contributed by atoms with van der Waals surface area (Å²) in [5.74, 6) is 0.876. The molecule has 0 spiro atoms. The van der Waals surface area contributed by atoms with Crippen LogP contribution in [0.5, 0.6) is 17.2 Å². The molecule has 1 N–H and O–H groups in total. The van der Waals surface area contributed by atoms with Gasteiger partial charge in [-0.3, -0.25) is 14.5 Å². The summed E-state index contributed by atoms with van der Waals surface area (Å²) < 4.78 is 16.2. The van der Waals surface area contributed by atoms with Gasteiger partial charge in [0.25, 0.3) is 11.8 Å². The van der Waals surface area contributed by atoms with Crippen LogP contribution < -0.4 is 19.5 Å². The van der Waals surface area contributed by atoms with E-state index in [0.29, 0.717) is 33.5 Å². The predicted octanol–water partition coefficient (Wildman–Crippen LogP) is 4.47. The van der Waals surface area contributed by atoms with Crippen molar-refractivity contribution in [2.45, 2.75) is 6.54 Å². The highest BCUT2D eigenvalue weighted by molar-refractivity contribution is 6.36. The van der Waals surface area contributed by atoms with Crippen molar-refractivity contribution in [3.63, 3.8) is 0 Å². The van der Waals surface area contributed by atoms with Crippen LogP contribution in [0, 0.1) is 0 Å². The van der Waals surface area contributed by atoms with Crippen LogP contribution in [0.3, 0.4) is 0 Å². The topological polar surface area (TPSA) is 77.1 Å². The highest BCUT2D eigenvalue weighted by Gasteiger charge is 2.39. The molecule has 2 heterocycles. The number of carbonyl (C=O) groups is 2. The van der Waals surface area contributed by atoms with Crippen molar-refractivity contribution in [1.29, 1.82) is 0 Å². The molecule has 0 saturated heterocycles. The fourth-order valence-electron chi connectivity index (χ4n) is 3.84. The molecule has 2 aliphatic heterocycles. The zero-order chi connectivity index (χ0) is 22.9. The molecule has 7 nitrogen and oxygen atoms in total. The molecule has 33 heavy (non-hydrogen) atoms. The quantitative estimate of drug-likeness (QED) is 0.545. The Hall–Kier alpha value is -3.97. The molecule has 2 amide bonds. The smallest absolute Gasteiger partial charge is 0.278 e. The monoisotopic (exact) mass is 462 g/mol. The van der Waals surface area contributed by atoms with Gasteiger partial charge in [-0.25, -0.2) is 0 Å². The Bertz CT molecular complexity index is 1290. The predicted molar refractivity (Wildman–Crippen MR) is 123 cm³/mol. The third kappa shape index (κ3) is 3.87. The molecule has 0 bridgehead atoms. The van der Waals surface area contributed by atoms with Gasteiger partial charge in [-0.2, -0.15) is 0 Å². The van der Waals surface area contributed by atoms with E-state index in [9.17, 15) is 9.59 Å². The number of hydrogen-bond donors (Lipinski definition) is 1. The zero-order valence-electron chi connectivity index (χ0n) is 17.6. The van der Waals surface area contributed by atoms with E-state index in [1.54, 1.807) is 42.5 Å². The highest BCUT2D eigenvalue weighted by atomic mass is 35.5. The molecule has 0 unspecified atom stereocenters. The van der Waals surface area contributed by atoms with Crippen molar-refractivity contribution in [3.05, 3.63) is 88.6 Å². The van der Waals surface area contributed by atoms with Crippen molar-refractivity contribution < 1.29 is 23.8 Å². The standard InChI is InChI=1S/C25H19ClN2O5/c1-31-19-10-8-17(26)12-18(19)27-23-22(16-5-3-2-4-6-16)24(29)28(25(23)30)13-15-7-9-20-21(11-15)33-14-32-20/h2-12,27H,13-14H2,1H3. The van der Waals surface area contributed by atoms with E-state index in [-0.39, 0.29) is 24.6 Å². The molecule has 3 aromatic carbocycles. The Morgan fingerprint density at radius 2 is 1.76 bits per heavy atom. The highest BCUT2D eigenvalue weighted by Crippen LogP contribution is 2.37. The van der Waals surface area contributed by atoms with Crippen LogP contribution in [-0.4, -0.2) is 30.6 Å². The molecule has 2 aliphatic rings. The second kappa shape index (κ2) is 8.52. The van der Waals surface area contributed by atoms with Crippen LogP contribution in [-0.2, 0) is 16.1 Å². The van der Waals surface area contributed by atoms with Gasteiger partial charge in [0.1, 0.15) is 11.4 Å². The van der Waals surface area contributed by atoms with Crippen LogP contribution in [0.4, 0.5) is 5.69 Å². The minimum Gasteiger partial charge on any atom is -0.495 e. The molecule has 0 atom stereocenters. The lowest BCUT2D eigenvalue weighted by molar-refractivity contribution is -0.137. The van der Waals surface area contributed by atoms with Crippen molar-refractivity contribution in [1.82, 2.24) is 4.90 Å². The minimum absolute atomic E-state index is 0.0858. The normalized spacial score (nSPS) is 14.8. The number of halogens is 1. The number of hydrogen-bond acceptors (Lipinski definition) is 6. The summed E-state index contributed by atoms with van der Waals surface area (Å²) >= 11 is 6.16. The average Bonchev–Trinajstić information content (AvgIpc) is 3.38. The number of ether oxygens (including phenoxy) is 3. The summed E-state index contributed by atoms with van der Waals surface area (Å²) in [4.78, 5) is 28.2. The second-order valence-corrected chi connectivity index (χ2v) is 7.91. The van der Waals surface area contributed by atoms with Gasteiger partial charge in [0.15, 0.2) is 11.5 Å². The molecule has 3 aromatic rings. The van der Waals surface area contributed by atoms with E-state index in [4.69, 9.17) is 25.8 Å². The summed E-state index contributed by atoms with van der Waals surface area (Å²) in [5, 5.41) is 3.57.